The molecule has 1 fully saturated rings. The number of aliphatic hydroxyl groups excluding tert-OH is 1. The van der Waals surface area contributed by atoms with Gasteiger partial charge in [-0.25, -0.2) is 8.42 Å². The highest BCUT2D eigenvalue weighted by Gasteiger charge is 2.28. The van der Waals surface area contributed by atoms with Gasteiger partial charge in [-0.05, 0) is 60.9 Å². The second kappa shape index (κ2) is 12.0. The van der Waals surface area contributed by atoms with Crippen LogP contribution in [0.3, 0.4) is 0 Å². The molecular weight excluding hydrogens is 552 g/mol. The molecule has 0 radical (unpaired) electrons. The second-order valence-corrected chi connectivity index (χ2v) is 12.5. The Bertz CT molecular complexity index is 1810. The van der Waals surface area contributed by atoms with E-state index in [2.05, 4.69) is 0 Å². The van der Waals surface area contributed by atoms with Crippen LogP contribution in [0.5, 0.6) is 5.75 Å². The predicted molar refractivity (Wildman–Crippen MR) is 161 cm³/mol. The maximum atomic E-state index is 13.8. The monoisotopic (exact) mass is 584 g/mol. The van der Waals surface area contributed by atoms with Gasteiger partial charge >= 0.3 is 0 Å². The summed E-state index contributed by atoms with van der Waals surface area (Å²) < 4.78 is 39.6. The highest BCUT2D eigenvalue weighted by atomic mass is 32.2. The van der Waals surface area contributed by atoms with E-state index in [0.717, 1.165) is 40.3 Å². The lowest BCUT2D eigenvalue weighted by molar-refractivity contribution is 0.0482. The minimum Gasteiger partial charge on any atom is -0.491 e. The molecule has 4 aromatic carbocycles. The standard InChI is InChI=1S/C33H32N2O6S/c36-26(23-40-27-15-16-32-30(20-27)29-13-4-5-14-31(29)41-32)22-34(21-24-9-2-1-3-10-24)33(37)25-11-8-12-28(19-25)42(38,39)35-17-6-7-18-35/h1-5,8-16,19-20,26,36H,6-7,17-18,21-23H2/t26-/m1/s1. The molecule has 216 valence electrons. The third-order valence-corrected chi connectivity index (χ3v) is 9.40. The van der Waals surface area contributed by atoms with E-state index in [9.17, 15) is 18.3 Å². The molecule has 1 aliphatic rings. The Hall–Kier alpha value is -4.18. The Morgan fingerprint density at radius 1 is 0.881 bits per heavy atom. The van der Waals surface area contributed by atoms with Crippen molar-refractivity contribution in [3.63, 3.8) is 0 Å². The largest absolute Gasteiger partial charge is 0.491 e. The first-order valence-corrected chi connectivity index (χ1v) is 15.5. The molecule has 5 aromatic rings. The van der Waals surface area contributed by atoms with Gasteiger partial charge in [0, 0.05) is 36.0 Å². The third-order valence-electron chi connectivity index (χ3n) is 7.51. The maximum Gasteiger partial charge on any atom is 0.254 e. The lowest BCUT2D eigenvalue weighted by Crippen LogP contribution is -2.39. The van der Waals surface area contributed by atoms with Crippen molar-refractivity contribution in [3.8, 4) is 5.75 Å². The third kappa shape index (κ3) is 5.90. The number of amides is 1. The van der Waals surface area contributed by atoms with Crippen LogP contribution < -0.4 is 4.74 Å². The molecule has 6 rings (SSSR count). The lowest BCUT2D eigenvalue weighted by atomic mass is 10.1. The van der Waals surface area contributed by atoms with Gasteiger partial charge in [-0.15, -0.1) is 0 Å². The van der Waals surface area contributed by atoms with Gasteiger partial charge < -0.3 is 19.2 Å². The smallest absolute Gasteiger partial charge is 0.254 e. The quantitative estimate of drug-likeness (QED) is 0.234. The van der Waals surface area contributed by atoms with Crippen LogP contribution >= 0.6 is 0 Å². The fourth-order valence-corrected chi connectivity index (χ4v) is 6.93. The van der Waals surface area contributed by atoms with Gasteiger partial charge in [0.25, 0.3) is 5.91 Å². The number of sulfonamides is 1. The summed E-state index contributed by atoms with van der Waals surface area (Å²) in [6.07, 6.45) is 0.663. The number of carbonyl (C=O) groups is 1. The van der Waals surface area contributed by atoms with Crippen LogP contribution in [0, 0.1) is 0 Å². The SMILES string of the molecule is O=C(c1cccc(S(=O)(=O)N2CCCC2)c1)N(Cc1ccccc1)C[C@@H](O)COc1ccc2oc3ccccc3c2c1. The molecule has 0 bridgehead atoms. The Morgan fingerprint density at radius 3 is 2.43 bits per heavy atom. The van der Waals surface area contributed by atoms with Gasteiger partial charge in [-0.3, -0.25) is 4.79 Å². The zero-order chi connectivity index (χ0) is 29.1. The summed E-state index contributed by atoms with van der Waals surface area (Å²) in [4.78, 5) is 15.4. The minimum atomic E-state index is -3.68. The molecule has 42 heavy (non-hydrogen) atoms. The van der Waals surface area contributed by atoms with Crippen LogP contribution in [0.1, 0.15) is 28.8 Å². The summed E-state index contributed by atoms with van der Waals surface area (Å²) in [7, 11) is -3.68. The van der Waals surface area contributed by atoms with E-state index in [1.54, 1.807) is 18.2 Å². The number of para-hydroxylation sites is 1. The fourth-order valence-electron chi connectivity index (χ4n) is 5.37. The van der Waals surface area contributed by atoms with Gasteiger partial charge in [0.15, 0.2) is 0 Å². The first-order valence-electron chi connectivity index (χ1n) is 14.0. The summed E-state index contributed by atoms with van der Waals surface area (Å²) >= 11 is 0. The van der Waals surface area contributed by atoms with Gasteiger partial charge in [-0.2, -0.15) is 4.31 Å². The molecule has 1 saturated heterocycles. The number of nitrogens with zero attached hydrogens (tertiary/aromatic N) is 2. The van der Waals surface area contributed by atoms with Crippen LogP contribution in [-0.4, -0.2) is 61.0 Å². The first-order chi connectivity index (χ1) is 20.4. The molecule has 1 aromatic heterocycles. The Morgan fingerprint density at radius 2 is 1.62 bits per heavy atom. The molecule has 1 aliphatic heterocycles. The van der Waals surface area contributed by atoms with E-state index in [-0.39, 0.29) is 36.1 Å². The van der Waals surface area contributed by atoms with Crippen LogP contribution in [0.4, 0.5) is 0 Å². The summed E-state index contributed by atoms with van der Waals surface area (Å²) in [6, 6.07) is 28.9. The minimum absolute atomic E-state index is 0.00623. The normalized spacial score (nSPS) is 14.8. The Labute approximate surface area is 244 Å². The number of fused-ring (bicyclic) bond motifs is 3. The number of ether oxygens (including phenoxy) is 1. The summed E-state index contributed by atoms with van der Waals surface area (Å²) in [5, 5.41) is 12.9. The number of aliphatic hydroxyl groups is 1. The van der Waals surface area contributed by atoms with Crippen molar-refractivity contribution < 1.29 is 27.5 Å². The molecule has 1 amide bonds. The molecule has 0 aliphatic carbocycles. The van der Waals surface area contributed by atoms with Crippen molar-refractivity contribution in [2.75, 3.05) is 26.2 Å². The topological polar surface area (TPSA) is 100 Å². The molecule has 0 saturated carbocycles. The lowest BCUT2D eigenvalue weighted by Gasteiger charge is -2.26. The van der Waals surface area contributed by atoms with E-state index < -0.39 is 16.1 Å². The van der Waals surface area contributed by atoms with Crippen molar-refractivity contribution in [2.24, 2.45) is 0 Å². The van der Waals surface area contributed by atoms with Crippen LogP contribution in [0.2, 0.25) is 0 Å². The zero-order valence-corrected chi connectivity index (χ0v) is 23.9. The molecule has 1 N–H and O–H groups in total. The van der Waals surface area contributed by atoms with Crippen molar-refractivity contribution in [2.45, 2.75) is 30.4 Å². The first kappa shape index (κ1) is 28.0. The maximum absolute atomic E-state index is 13.8. The number of carbonyl (C=O) groups excluding carboxylic acids is 1. The van der Waals surface area contributed by atoms with Gasteiger partial charge in [0.05, 0.1) is 11.4 Å². The van der Waals surface area contributed by atoms with E-state index >= 15 is 0 Å². The summed E-state index contributed by atoms with van der Waals surface area (Å²) in [6.45, 7) is 1.16. The average molecular weight is 585 g/mol. The number of benzene rings is 4. The van der Waals surface area contributed by atoms with E-state index in [0.29, 0.717) is 18.8 Å². The zero-order valence-electron chi connectivity index (χ0n) is 23.1. The molecule has 9 heteroatoms. The number of hydrogen-bond donors (Lipinski definition) is 1. The van der Waals surface area contributed by atoms with Crippen LogP contribution in [-0.2, 0) is 16.6 Å². The van der Waals surface area contributed by atoms with E-state index in [1.165, 1.54) is 21.3 Å². The highest BCUT2D eigenvalue weighted by molar-refractivity contribution is 7.89. The predicted octanol–water partition coefficient (Wildman–Crippen LogP) is 5.45. The molecule has 0 spiro atoms. The molecule has 0 unspecified atom stereocenters. The van der Waals surface area contributed by atoms with Crippen molar-refractivity contribution in [1.82, 2.24) is 9.21 Å². The molecule has 2 heterocycles. The van der Waals surface area contributed by atoms with Gasteiger partial charge in [0.2, 0.25) is 10.0 Å². The Balaban J connectivity index is 1.19. The van der Waals surface area contributed by atoms with E-state index in [1.807, 2.05) is 66.7 Å². The number of hydrogen-bond acceptors (Lipinski definition) is 6. The van der Waals surface area contributed by atoms with Gasteiger partial charge in [0.1, 0.15) is 29.6 Å². The van der Waals surface area contributed by atoms with Crippen LogP contribution in [0.15, 0.2) is 106 Å². The number of furan rings is 1. The average Bonchev–Trinajstić information content (AvgIpc) is 3.69. The Kier molecular flexibility index (Phi) is 7.97. The molecule has 8 nitrogen and oxygen atoms in total. The number of rotatable bonds is 10. The van der Waals surface area contributed by atoms with Crippen molar-refractivity contribution >= 4 is 37.9 Å². The van der Waals surface area contributed by atoms with Crippen molar-refractivity contribution in [3.05, 3.63) is 108 Å². The van der Waals surface area contributed by atoms with Gasteiger partial charge in [-0.1, -0.05) is 54.6 Å². The van der Waals surface area contributed by atoms with Crippen molar-refractivity contribution in [1.29, 1.82) is 0 Å². The van der Waals surface area contributed by atoms with E-state index in [4.69, 9.17) is 9.15 Å². The fraction of sp³-hybridized carbons (Fsp3) is 0.242. The summed E-state index contributed by atoms with van der Waals surface area (Å²) in [5.74, 6) is 0.205. The summed E-state index contributed by atoms with van der Waals surface area (Å²) in [5.41, 5.74) is 2.67. The highest BCUT2D eigenvalue weighted by Crippen LogP contribution is 2.31. The molecule has 1 atom stereocenters. The molecular formula is C33H32N2O6S. The second-order valence-electron chi connectivity index (χ2n) is 10.5. The van der Waals surface area contributed by atoms with Crippen LogP contribution in [0.25, 0.3) is 21.9 Å².